The van der Waals surface area contributed by atoms with Gasteiger partial charge in [0.05, 0.1) is 11.7 Å². The van der Waals surface area contributed by atoms with Crippen LogP contribution < -0.4 is 4.90 Å². The van der Waals surface area contributed by atoms with Gasteiger partial charge >= 0.3 is 6.09 Å². The minimum atomic E-state index is -0.510. The zero-order valence-electron chi connectivity index (χ0n) is 13.2. The van der Waals surface area contributed by atoms with E-state index in [0.29, 0.717) is 30.1 Å². The molecule has 1 atom stereocenters. The van der Waals surface area contributed by atoms with Crippen LogP contribution in [0.15, 0.2) is 6.07 Å². The van der Waals surface area contributed by atoms with Crippen LogP contribution in [-0.4, -0.2) is 57.8 Å². The maximum atomic E-state index is 12.2. The Morgan fingerprint density at radius 3 is 2.70 bits per heavy atom. The second-order valence-corrected chi connectivity index (χ2v) is 7.66. The largest absolute Gasteiger partial charge is 0.444 e. The Morgan fingerprint density at radius 2 is 2.09 bits per heavy atom. The third-order valence-electron chi connectivity index (χ3n) is 3.32. The summed E-state index contributed by atoms with van der Waals surface area (Å²) < 4.78 is 5.44. The van der Waals surface area contributed by atoms with Crippen LogP contribution in [0.4, 0.5) is 10.5 Å². The number of nitrogens with zero attached hydrogens (tertiary/aromatic N) is 4. The highest BCUT2D eigenvalue weighted by molar-refractivity contribution is 9.09. The van der Waals surface area contributed by atoms with E-state index >= 15 is 0 Å². The van der Waals surface area contributed by atoms with Crippen molar-refractivity contribution in [3.8, 4) is 0 Å². The lowest BCUT2D eigenvalue weighted by molar-refractivity contribution is 0.0220. The first-order valence-electron chi connectivity index (χ1n) is 7.20. The van der Waals surface area contributed by atoms with Crippen LogP contribution in [0.2, 0.25) is 10.3 Å². The average Bonchev–Trinajstić information content (AvgIpc) is 2.47. The van der Waals surface area contributed by atoms with Crippen molar-refractivity contribution in [1.29, 1.82) is 0 Å². The lowest BCUT2D eigenvalue weighted by Gasteiger charge is -2.42. The standard InChI is InChI=1S/C14H19BrCl2N4O2/c1-14(2,3)23-13(22)20-4-5-21(9(7-15)8-20)10-6-11(16)18-19-12(10)17/h6,9H,4-5,7-8H2,1-3H3. The number of aromatic nitrogens is 2. The van der Waals surface area contributed by atoms with E-state index in [1.54, 1.807) is 11.0 Å². The Balaban J connectivity index is 2.13. The highest BCUT2D eigenvalue weighted by Crippen LogP contribution is 2.29. The number of hydrogen-bond donors (Lipinski definition) is 0. The van der Waals surface area contributed by atoms with Gasteiger partial charge in [0.1, 0.15) is 5.60 Å². The Morgan fingerprint density at radius 1 is 1.39 bits per heavy atom. The van der Waals surface area contributed by atoms with Gasteiger partial charge < -0.3 is 14.5 Å². The first kappa shape index (κ1) is 18.5. The van der Waals surface area contributed by atoms with Gasteiger partial charge in [0.15, 0.2) is 10.3 Å². The third kappa shape index (κ3) is 4.84. The molecule has 0 aliphatic carbocycles. The molecule has 1 saturated heterocycles. The molecule has 1 fully saturated rings. The summed E-state index contributed by atoms with van der Waals surface area (Å²) in [6.07, 6.45) is -0.305. The van der Waals surface area contributed by atoms with E-state index in [4.69, 9.17) is 27.9 Å². The number of amides is 1. The number of piperazine rings is 1. The Labute approximate surface area is 154 Å². The van der Waals surface area contributed by atoms with E-state index < -0.39 is 5.60 Å². The summed E-state index contributed by atoms with van der Waals surface area (Å²) in [5.41, 5.74) is 0.212. The molecule has 1 aromatic rings. The topological polar surface area (TPSA) is 58.6 Å². The lowest BCUT2D eigenvalue weighted by Crippen LogP contribution is -2.56. The second-order valence-electron chi connectivity index (χ2n) is 6.27. The normalized spacial score (nSPS) is 19.0. The number of ether oxygens (including phenoxy) is 1. The molecule has 0 N–H and O–H groups in total. The molecule has 0 bridgehead atoms. The zero-order valence-corrected chi connectivity index (χ0v) is 16.3. The number of anilines is 1. The Hall–Kier alpha value is -0.790. The molecule has 9 heteroatoms. The van der Waals surface area contributed by atoms with Crippen molar-refractivity contribution in [2.24, 2.45) is 0 Å². The fourth-order valence-corrected chi connectivity index (χ4v) is 3.24. The summed E-state index contributed by atoms with van der Waals surface area (Å²) >= 11 is 15.6. The van der Waals surface area contributed by atoms with Crippen LogP contribution >= 0.6 is 39.1 Å². The second kappa shape index (κ2) is 7.40. The quantitative estimate of drug-likeness (QED) is 0.677. The van der Waals surface area contributed by atoms with Crippen molar-refractivity contribution < 1.29 is 9.53 Å². The van der Waals surface area contributed by atoms with E-state index in [1.165, 1.54) is 0 Å². The molecule has 0 radical (unpaired) electrons. The molecule has 0 aromatic carbocycles. The highest BCUT2D eigenvalue weighted by atomic mass is 79.9. The van der Waals surface area contributed by atoms with Gasteiger partial charge in [0, 0.05) is 31.0 Å². The molecule has 0 spiro atoms. The highest BCUT2D eigenvalue weighted by Gasteiger charge is 2.32. The van der Waals surface area contributed by atoms with Crippen LogP contribution in [0.5, 0.6) is 0 Å². The third-order valence-corrected chi connectivity index (χ3v) is 4.52. The van der Waals surface area contributed by atoms with E-state index in [1.807, 2.05) is 20.8 Å². The summed E-state index contributed by atoms with van der Waals surface area (Å²) in [5.74, 6) is 0. The fourth-order valence-electron chi connectivity index (χ4n) is 2.34. The smallest absolute Gasteiger partial charge is 0.410 e. The Bertz CT molecular complexity index is 582. The zero-order chi connectivity index (χ0) is 17.2. The number of alkyl halides is 1. The van der Waals surface area contributed by atoms with Crippen LogP contribution in [0.1, 0.15) is 20.8 Å². The first-order valence-corrected chi connectivity index (χ1v) is 9.08. The molecule has 1 aromatic heterocycles. The maximum absolute atomic E-state index is 12.2. The van der Waals surface area contributed by atoms with Gasteiger partial charge in [0.2, 0.25) is 0 Å². The van der Waals surface area contributed by atoms with Crippen molar-refractivity contribution in [2.75, 3.05) is 29.9 Å². The Kier molecular flexibility index (Phi) is 5.97. The molecular weight excluding hydrogens is 407 g/mol. The number of halogens is 3. The lowest BCUT2D eigenvalue weighted by atomic mass is 10.1. The van der Waals surface area contributed by atoms with Crippen molar-refractivity contribution in [1.82, 2.24) is 15.1 Å². The number of carbonyl (C=O) groups excluding carboxylic acids is 1. The summed E-state index contributed by atoms with van der Waals surface area (Å²) in [6, 6.07) is 1.73. The molecule has 0 saturated carbocycles. The number of carbonyl (C=O) groups is 1. The molecule has 23 heavy (non-hydrogen) atoms. The van der Waals surface area contributed by atoms with E-state index in [-0.39, 0.29) is 17.3 Å². The van der Waals surface area contributed by atoms with Gasteiger partial charge in [0.25, 0.3) is 0 Å². The molecule has 2 rings (SSSR count). The van der Waals surface area contributed by atoms with Gasteiger partial charge in [-0.25, -0.2) is 4.79 Å². The fraction of sp³-hybridized carbons (Fsp3) is 0.643. The van der Waals surface area contributed by atoms with E-state index in [9.17, 15) is 4.79 Å². The molecule has 1 amide bonds. The summed E-state index contributed by atoms with van der Waals surface area (Å²) in [4.78, 5) is 16.0. The SMILES string of the molecule is CC(C)(C)OC(=O)N1CCN(c2cc(Cl)nnc2Cl)C(CBr)C1. The minimum Gasteiger partial charge on any atom is -0.444 e. The predicted molar refractivity (Wildman–Crippen MR) is 94.8 cm³/mol. The van der Waals surface area contributed by atoms with E-state index in [0.717, 1.165) is 5.69 Å². The summed E-state index contributed by atoms with van der Waals surface area (Å²) in [5, 5.41) is 8.83. The number of rotatable bonds is 2. The first-order chi connectivity index (χ1) is 10.7. The average molecular weight is 426 g/mol. The van der Waals surface area contributed by atoms with Gasteiger partial charge in [-0.05, 0) is 20.8 Å². The molecular formula is C14H19BrCl2N4O2. The molecule has 6 nitrogen and oxygen atoms in total. The van der Waals surface area contributed by atoms with Gasteiger partial charge in [-0.1, -0.05) is 39.1 Å². The minimum absolute atomic E-state index is 0.0361. The van der Waals surface area contributed by atoms with Crippen LogP contribution in [0.25, 0.3) is 0 Å². The maximum Gasteiger partial charge on any atom is 0.410 e. The van der Waals surface area contributed by atoms with Crippen LogP contribution in [-0.2, 0) is 4.74 Å². The predicted octanol–water partition coefficient (Wildman–Crippen LogP) is 3.60. The van der Waals surface area contributed by atoms with Crippen LogP contribution in [0.3, 0.4) is 0 Å². The molecule has 1 aliphatic heterocycles. The summed E-state index contributed by atoms with van der Waals surface area (Å²) in [6.45, 7) is 7.23. The van der Waals surface area contributed by atoms with E-state index in [2.05, 4.69) is 31.0 Å². The molecule has 2 heterocycles. The summed E-state index contributed by atoms with van der Waals surface area (Å²) in [7, 11) is 0. The molecule has 1 unspecified atom stereocenters. The van der Waals surface area contributed by atoms with Crippen molar-refractivity contribution in [2.45, 2.75) is 32.4 Å². The van der Waals surface area contributed by atoms with Gasteiger partial charge in [-0.2, -0.15) is 0 Å². The van der Waals surface area contributed by atoms with Crippen molar-refractivity contribution in [3.63, 3.8) is 0 Å². The molecule has 128 valence electrons. The van der Waals surface area contributed by atoms with Gasteiger partial charge in [-0.3, -0.25) is 0 Å². The van der Waals surface area contributed by atoms with Crippen molar-refractivity contribution >= 4 is 50.9 Å². The number of hydrogen-bond acceptors (Lipinski definition) is 5. The molecule has 1 aliphatic rings. The van der Waals surface area contributed by atoms with Gasteiger partial charge in [-0.15, -0.1) is 10.2 Å². The van der Waals surface area contributed by atoms with Crippen LogP contribution in [0, 0.1) is 0 Å². The van der Waals surface area contributed by atoms with Crippen molar-refractivity contribution in [3.05, 3.63) is 16.4 Å². The monoisotopic (exact) mass is 424 g/mol.